The van der Waals surface area contributed by atoms with Crippen molar-refractivity contribution in [1.82, 2.24) is 30.6 Å². The van der Waals surface area contributed by atoms with Crippen LogP contribution in [-0.4, -0.2) is 83.7 Å². The van der Waals surface area contributed by atoms with E-state index in [9.17, 15) is 18.7 Å². The van der Waals surface area contributed by atoms with Crippen LogP contribution in [0.5, 0.6) is 0 Å². The summed E-state index contributed by atoms with van der Waals surface area (Å²) in [7, 11) is 5.60. The Bertz CT molecular complexity index is 1510. The van der Waals surface area contributed by atoms with Gasteiger partial charge in [-0.1, -0.05) is 17.9 Å². The average Bonchev–Trinajstić information content (AvgIpc) is 2.94. The molecule has 1 aliphatic heterocycles. The molecular weight excluding hydrogens is 518 g/mol. The molecule has 1 unspecified atom stereocenters. The molecule has 4 rings (SSSR count). The SMILES string of the molecule is CNc1ncnc2ccc(C#CCNC(=O)C3=CC(=NCCN(C)C)NN(Cc4ccc(F)c(F)c4)C3O)cc12. The minimum Gasteiger partial charge on any atom is -0.373 e. The molecule has 1 atom stereocenters. The molecule has 208 valence electrons. The van der Waals surface area contributed by atoms with E-state index in [1.165, 1.54) is 23.5 Å². The summed E-state index contributed by atoms with van der Waals surface area (Å²) >= 11 is 0. The second kappa shape index (κ2) is 13.1. The van der Waals surface area contributed by atoms with E-state index in [4.69, 9.17) is 0 Å². The molecule has 0 bridgehead atoms. The molecule has 2 heterocycles. The van der Waals surface area contributed by atoms with E-state index in [1.54, 1.807) is 7.05 Å². The van der Waals surface area contributed by atoms with Crippen LogP contribution in [-0.2, 0) is 11.3 Å². The fourth-order valence-electron chi connectivity index (χ4n) is 3.93. The minimum absolute atomic E-state index is 0.0181. The van der Waals surface area contributed by atoms with E-state index in [0.29, 0.717) is 30.3 Å². The predicted octanol–water partition coefficient (Wildman–Crippen LogP) is 1.64. The molecule has 1 amide bonds. The smallest absolute Gasteiger partial charge is 0.252 e. The number of aliphatic hydroxyl groups is 1. The van der Waals surface area contributed by atoms with Gasteiger partial charge in [-0.05, 0) is 56.1 Å². The van der Waals surface area contributed by atoms with Crippen molar-refractivity contribution >= 4 is 28.5 Å². The first-order valence-electron chi connectivity index (χ1n) is 12.5. The zero-order valence-electron chi connectivity index (χ0n) is 22.4. The van der Waals surface area contributed by atoms with Gasteiger partial charge in [-0.3, -0.25) is 9.79 Å². The Labute approximate surface area is 230 Å². The number of fused-ring (bicyclic) bond motifs is 1. The van der Waals surface area contributed by atoms with Crippen molar-refractivity contribution in [2.75, 3.05) is 46.1 Å². The Balaban J connectivity index is 1.48. The van der Waals surface area contributed by atoms with E-state index < -0.39 is 23.8 Å². The number of carbonyl (C=O) groups is 1. The van der Waals surface area contributed by atoms with Gasteiger partial charge in [0.2, 0.25) is 0 Å². The van der Waals surface area contributed by atoms with E-state index in [-0.39, 0.29) is 18.7 Å². The van der Waals surface area contributed by atoms with Crippen molar-refractivity contribution < 1.29 is 18.7 Å². The molecule has 12 heteroatoms. The fraction of sp³-hybridized carbons (Fsp3) is 0.286. The summed E-state index contributed by atoms with van der Waals surface area (Å²) in [5.41, 5.74) is 4.89. The third kappa shape index (κ3) is 7.15. The molecule has 0 saturated carbocycles. The molecule has 0 fully saturated rings. The number of aromatic nitrogens is 2. The molecule has 0 radical (unpaired) electrons. The highest BCUT2D eigenvalue weighted by molar-refractivity contribution is 6.04. The minimum atomic E-state index is -1.38. The van der Waals surface area contributed by atoms with Gasteiger partial charge < -0.3 is 26.1 Å². The van der Waals surface area contributed by atoms with Crippen LogP contribution in [0, 0.1) is 23.5 Å². The summed E-state index contributed by atoms with van der Waals surface area (Å²) in [5.74, 6) is 4.45. The third-order valence-corrected chi connectivity index (χ3v) is 5.99. The zero-order valence-corrected chi connectivity index (χ0v) is 22.4. The summed E-state index contributed by atoms with van der Waals surface area (Å²) in [4.78, 5) is 27.9. The highest BCUT2D eigenvalue weighted by atomic mass is 19.2. The number of anilines is 1. The quantitative estimate of drug-likeness (QED) is 0.314. The lowest BCUT2D eigenvalue weighted by molar-refractivity contribution is -0.120. The molecular formula is C28H30F2N8O2. The van der Waals surface area contributed by atoms with E-state index in [2.05, 4.69) is 42.9 Å². The number of benzene rings is 2. The number of hydrogen-bond acceptors (Lipinski definition) is 8. The number of carbonyl (C=O) groups excluding carboxylic acids is 1. The molecule has 1 aromatic heterocycles. The second-order valence-corrected chi connectivity index (χ2v) is 9.22. The normalized spacial score (nSPS) is 16.3. The van der Waals surface area contributed by atoms with E-state index >= 15 is 0 Å². The maximum absolute atomic E-state index is 13.8. The molecule has 1 aliphatic rings. The summed E-state index contributed by atoms with van der Waals surface area (Å²) in [6.07, 6.45) is 1.57. The van der Waals surface area contributed by atoms with E-state index in [0.717, 1.165) is 28.6 Å². The van der Waals surface area contributed by atoms with Crippen molar-refractivity contribution in [3.8, 4) is 11.8 Å². The maximum atomic E-state index is 13.8. The van der Waals surface area contributed by atoms with Gasteiger partial charge in [0.15, 0.2) is 17.9 Å². The van der Waals surface area contributed by atoms with Crippen LogP contribution in [0.3, 0.4) is 0 Å². The molecule has 40 heavy (non-hydrogen) atoms. The molecule has 3 aromatic rings. The van der Waals surface area contributed by atoms with Crippen LogP contribution in [0.15, 0.2) is 59.4 Å². The van der Waals surface area contributed by atoms with Crippen molar-refractivity contribution in [2.45, 2.75) is 12.8 Å². The number of hydrogen-bond donors (Lipinski definition) is 4. The monoisotopic (exact) mass is 548 g/mol. The highest BCUT2D eigenvalue weighted by Gasteiger charge is 2.30. The van der Waals surface area contributed by atoms with Gasteiger partial charge in [-0.2, -0.15) is 5.01 Å². The summed E-state index contributed by atoms with van der Waals surface area (Å²) in [5, 5.41) is 18.8. The van der Waals surface area contributed by atoms with Gasteiger partial charge in [0.1, 0.15) is 18.0 Å². The predicted molar refractivity (Wildman–Crippen MR) is 149 cm³/mol. The van der Waals surface area contributed by atoms with Gasteiger partial charge >= 0.3 is 0 Å². The van der Waals surface area contributed by atoms with Gasteiger partial charge in [-0.25, -0.2) is 18.7 Å². The number of amidine groups is 1. The Morgan fingerprint density at radius 1 is 1.20 bits per heavy atom. The van der Waals surface area contributed by atoms with Crippen molar-refractivity contribution in [2.24, 2.45) is 4.99 Å². The number of aliphatic imine (C=N–C) groups is 1. The number of hydrazine groups is 1. The average molecular weight is 549 g/mol. The molecule has 4 N–H and O–H groups in total. The molecule has 0 spiro atoms. The van der Waals surface area contributed by atoms with Crippen molar-refractivity contribution in [1.29, 1.82) is 0 Å². The van der Waals surface area contributed by atoms with Gasteiger partial charge in [0, 0.05) is 31.1 Å². The van der Waals surface area contributed by atoms with E-state index in [1.807, 2.05) is 37.2 Å². The standard InChI is InChI=1S/C28H30F2N8O2/c1-31-26-20-13-18(7-9-24(20)34-17-35-26)5-4-10-33-27(39)21-15-25(32-11-12-37(2)3)36-38(28(21)40)16-19-6-8-22(29)23(30)14-19/h6-9,13-15,17,28,40H,10-12,16H2,1-3H3,(H,32,36)(H,33,39)(H,31,34,35). The first kappa shape index (κ1) is 28.6. The van der Waals surface area contributed by atoms with Crippen LogP contribution in [0.25, 0.3) is 10.9 Å². The summed E-state index contributed by atoms with van der Waals surface area (Å²) in [6.45, 7) is 1.11. The number of halogens is 2. The second-order valence-electron chi connectivity index (χ2n) is 9.22. The Kier molecular flexibility index (Phi) is 9.34. The molecule has 10 nitrogen and oxygen atoms in total. The zero-order chi connectivity index (χ0) is 28.6. The fourth-order valence-corrected chi connectivity index (χ4v) is 3.93. The van der Waals surface area contributed by atoms with Crippen LogP contribution in [0.1, 0.15) is 11.1 Å². The number of rotatable bonds is 8. The summed E-state index contributed by atoms with van der Waals surface area (Å²) in [6, 6.07) is 8.99. The van der Waals surface area contributed by atoms with Gasteiger partial charge in [-0.15, -0.1) is 0 Å². The number of amides is 1. The van der Waals surface area contributed by atoms with Gasteiger partial charge in [0.05, 0.1) is 24.2 Å². The lowest BCUT2D eigenvalue weighted by atomic mass is 10.1. The number of aliphatic hydroxyl groups excluding tert-OH is 1. The summed E-state index contributed by atoms with van der Waals surface area (Å²) < 4.78 is 27.2. The van der Waals surface area contributed by atoms with Crippen molar-refractivity contribution in [3.05, 3.63) is 77.1 Å². The molecule has 2 aromatic carbocycles. The lowest BCUT2D eigenvalue weighted by Gasteiger charge is -2.34. The topological polar surface area (TPSA) is 118 Å². The van der Waals surface area contributed by atoms with Crippen LogP contribution in [0.2, 0.25) is 0 Å². The highest BCUT2D eigenvalue weighted by Crippen LogP contribution is 2.20. The maximum Gasteiger partial charge on any atom is 0.252 e. The molecule has 0 saturated heterocycles. The number of nitrogens with one attached hydrogen (secondary N) is 3. The van der Waals surface area contributed by atoms with Crippen molar-refractivity contribution in [3.63, 3.8) is 0 Å². The lowest BCUT2D eigenvalue weighted by Crippen LogP contribution is -2.54. The van der Waals surface area contributed by atoms with Crippen LogP contribution in [0.4, 0.5) is 14.6 Å². The Hall–Kier alpha value is -4.44. The van der Waals surface area contributed by atoms with Gasteiger partial charge in [0.25, 0.3) is 5.91 Å². The Morgan fingerprint density at radius 2 is 2.02 bits per heavy atom. The molecule has 0 aliphatic carbocycles. The Morgan fingerprint density at radius 3 is 2.77 bits per heavy atom. The first-order chi connectivity index (χ1) is 19.2. The number of nitrogens with zero attached hydrogens (tertiary/aromatic N) is 5. The third-order valence-electron chi connectivity index (χ3n) is 5.99. The largest absolute Gasteiger partial charge is 0.373 e. The number of likely N-dealkylation sites (N-methyl/N-ethyl adjacent to an activating group) is 1. The first-order valence-corrected chi connectivity index (χ1v) is 12.5. The van der Waals surface area contributed by atoms with Crippen LogP contribution >= 0.6 is 0 Å². The van der Waals surface area contributed by atoms with Crippen LogP contribution < -0.4 is 16.1 Å².